The molecule has 2 aliphatic rings. The largest absolute Gasteiger partial charge is 0.492 e. The van der Waals surface area contributed by atoms with Crippen LogP contribution in [0.5, 0.6) is 0 Å². The molecule has 61 heavy (non-hydrogen) atoms. The molecule has 0 aliphatic heterocycles. The second-order valence-corrected chi connectivity index (χ2v) is 23.4. The van der Waals surface area contributed by atoms with Crippen molar-refractivity contribution in [1.29, 1.82) is 0 Å². The minimum atomic E-state index is -2.01. The summed E-state index contributed by atoms with van der Waals surface area (Å²) in [5, 5.41) is 11.6. The third kappa shape index (κ3) is 10.6. The van der Waals surface area contributed by atoms with E-state index < -0.39 is 14.5 Å². The van der Waals surface area contributed by atoms with Gasteiger partial charge in [0.15, 0.2) is 0 Å². The van der Waals surface area contributed by atoms with Crippen LogP contribution >= 0.6 is 38.5 Å². The van der Waals surface area contributed by atoms with Crippen LogP contribution in [0.3, 0.4) is 0 Å². The van der Waals surface area contributed by atoms with E-state index in [2.05, 4.69) is 210 Å². The summed E-state index contributed by atoms with van der Waals surface area (Å²) in [6.07, 6.45) is 12.1. The summed E-state index contributed by atoms with van der Waals surface area (Å²) in [7, 11) is -4.03. The average molecular weight is 959 g/mol. The van der Waals surface area contributed by atoms with Crippen LogP contribution in [0.4, 0.5) is 0 Å². The van der Waals surface area contributed by atoms with Crippen molar-refractivity contribution in [2.24, 2.45) is 0 Å². The zero-order valence-electron chi connectivity index (χ0n) is 36.7. The van der Waals surface area contributed by atoms with Crippen molar-refractivity contribution in [3.8, 4) is 0 Å². The molecule has 8 rings (SSSR count). The Morgan fingerprint density at radius 1 is 0.311 bits per heavy atom. The zero-order valence-corrected chi connectivity index (χ0v) is 40.8. The Kier molecular flexibility index (Phi) is 17.5. The Balaban J connectivity index is 0.000000201. The monoisotopic (exact) mass is 958 g/mol. The van der Waals surface area contributed by atoms with Crippen LogP contribution in [-0.4, -0.2) is 12.2 Å². The molecule has 0 bridgehead atoms. The fourth-order valence-corrected chi connectivity index (χ4v) is 18.8. The predicted octanol–water partition coefficient (Wildman–Crippen LogP) is 13.8. The van der Waals surface area contributed by atoms with Crippen LogP contribution in [0, 0.1) is 0 Å². The number of allylic oxidation sites excluding steroid dienone is 4. The minimum Gasteiger partial charge on any atom is -0.492 e. The van der Waals surface area contributed by atoms with E-state index in [1.807, 2.05) is 0 Å². The second-order valence-electron chi connectivity index (χ2n) is 16.5. The van der Waals surface area contributed by atoms with Crippen molar-refractivity contribution in [1.82, 2.24) is 0 Å². The van der Waals surface area contributed by atoms with Crippen LogP contribution < -0.4 is 31.8 Å². The molecule has 0 saturated heterocycles. The summed E-state index contributed by atoms with van der Waals surface area (Å²) in [4.78, 5) is 0. The van der Waals surface area contributed by atoms with Gasteiger partial charge in [-0.3, -0.25) is 0 Å². The predicted molar refractivity (Wildman–Crippen MR) is 278 cm³/mol. The number of rotatable bonds is 12. The fourth-order valence-electron chi connectivity index (χ4n) is 9.35. The van der Waals surface area contributed by atoms with Crippen molar-refractivity contribution < 1.29 is 9.47 Å². The van der Waals surface area contributed by atoms with Gasteiger partial charge in [0.05, 0.1) is 12.2 Å². The molecule has 0 spiro atoms. The highest BCUT2D eigenvalue weighted by Crippen LogP contribution is 2.67. The lowest BCUT2D eigenvalue weighted by molar-refractivity contribution is 0.137. The molecule has 0 radical (unpaired) electrons. The molecule has 0 unspecified atom stereocenters. The van der Waals surface area contributed by atoms with Gasteiger partial charge in [-0.15, -0.1) is 24.0 Å². The molecule has 316 valence electrons. The molecule has 2 aliphatic carbocycles. The van der Waals surface area contributed by atoms with Crippen molar-refractivity contribution in [3.63, 3.8) is 0 Å². The number of benzene rings is 6. The van der Waals surface area contributed by atoms with Gasteiger partial charge in [-0.05, 0) is 126 Å². The molecule has 0 heterocycles. The summed E-state index contributed by atoms with van der Waals surface area (Å²) >= 11 is 0. The Morgan fingerprint density at radius 3 is 0.738 bits per heavy atom. The van der Waals surface area contributed by atoms with Crippen LogP contribution in [0.25, 0.3) is 0 Å². The molecule has 0 saturated carbocycles. The second kappa shape index (κ2) is 22.9. The van der Waals surface area contributed by atoms with Crippen LogP contribution in [0.1, 0.15) is 91.9 Å². The van der Waals surface area contributed by atoms with E-state index in [1.165, 1.54) is 92.5 Å². The smallest absolute Gasteiger partial charge is 0.143 e. The summed E-state index contributed by atoms with van der Waals surface area (Å²) in [5.41, 5.74) is 0. The molecule has 0 amide bonds. The molecule has 6 aromatic carbocycles. The molecule has 2 nitrogen and oxygen atoms in total. The Morgan fingerprint density at radius 2 is 0.525 bits per heavy atom. The molecule has 6 aromatic rings. The quantitative estimate of drug-likeness (QED) is 0.0899. The van der Waals surface area contributed by atoms with E-state index in [0.717, 1.165) is 25.7 Å². The van der Waals surface area contributed by atoms with Crippen LogP contribution in [0.2, 0.25) is 0 Å². The van der Waals surface area contributed by atoms with Gasteiger partial charge in [-0.25, -0.2) is 0 Å². The maximum Gasteiger partial charge on any atom is 0.143 e. The lowest BCUT2D eigenvalue weighted by atomic mass is 10.2. The first-order valence-electron chi connectivity index (χ1n) is 22.4. The number of ether oxygens (including phenoxy) is 2. The molecule has 0 aromatic heterocycles. The first kappa shape index (κ1) is 46.5. The summed E-state index contributed by atoms with van der Waals surface area (Å²) in [6.45, 7) is 8.62. The summed E-state index contributed by atoms with van der Waals surface area (Å²) < 4.78 is 13.1. The fraction of sp³-hybridized carbons (Fsp3) is 0.286. The highest BCUT2D eigenvalue weighted by Gasteiger charge is 2.52. The van der Waals surface area contributed by atoms with Crippen molar-refractivity contribution >= 4 is 70.3 Å². The van der Waals surface area contributed by atoms with Gasteiger partial charge >= 0.3 is 0 Å². The van der Waals surface area contributed by atoms with Gasteiger partial charge in [0, 0.05) is 25.7 Å². The topological polar surface area (TPSA) is 18.5 Å². The number of hydrogen-bond acceptors (Lipinski definition) is 2. The van der Waals surface area contributed by atoms with E-state index in [-0.39, 0.29) is 36.2 Å². The highest BCUT2D eigenvalue weighted by molar-refractivity contribution is 14.0. The van der Waals surface area contributed by atoms with E-state index in [1.54, 1.807) is 0 Å². The number of halogens is 1. The van der Waals surface area contributed by atoms with Crippen LogP contribution in [0.15, 0.2) is 204 Å². The van der Waals surface area contributed by atoms with Crippen molar-refractivity contribution in [3.05, 3.63) is 204 Å². The van der Waals surface area contributed by atoms with Gasteiger partial charge < -0.3 is 9.47 Å². The molecular weight excluding hydrogens is 893 g/mol. The third-order valence-corrected chi connectivity index (χ3v) is 20.7. The standard InChI is InChI=1S/2C28H32OP.HI/c2*1-23(2)29-27-21-13-6-14-22-28(27)30(24-15-7-3-8-16-24,25-17-9-4-10-18-25)26-19-11-5-12-20-26;/h2*3-5,7-12,15-20,23H,6,13-14,21-22H2,1-2H3;1H/q2*+1;. The zero-order chi connectivity index (χ0) is 41.6. The maximum atomic E-state index is 6.56. The molecule has 0 atom stereocenters. The normalized spacial score (nSPS) is 14.9. The Hall–Kier alpha value is -4.01. The maximum absolute atomic E-state index is 6.56. The minimum absolute atomic E-state index is 0. The van der Waals surface area contributed by atoms with Crippen molar-refractivity contribution in [2.75, 3.05) is 0 Å². The first-order valence-corrected chi connectivity index (χ1v) is 25.9. The van der Waals surface area contributed by atoms with E-state index in [9.17, 15) is 0 Å². The number of hydrogen-bond donors (Lipinski definition) is 0. The van der Waals surface area contributed by atoms with E-state index in [0.29, 0.717) is 0 Å². The third-order valence-electron chi connectivity index (χ3n) is 11.7. The van der Waals surface area contributed by atoms with Gasteiger partial charge in [0.25, 0.3) is 0 Å². The van der Waals surface area contributed by atoms with Crippen LogP contribution in [-0.2, 0) is 9.47 Å². The molecule has 0 N–H and O–H groups in total. The molecule has 5 heteroatoms. The van der Waals surface area contributed by atoms with Crippen molar-refractivity contribution in [2.45, 2.75) is 104 Å². The van der Waals surface area contributed by atoms with E-state index in [4.69, 9.17) is 9.47 Å². The lowest BCUT2D eigenvalue weighted by Gasteiger charge is -2.31. The van der Waals surface area contributed by atoms with Gasteiger partial charge in [-0.2, -0.15) is 0 Å². The van der Waals surface area contributed by atoms with Gasteiger partial charge in [0.2, 0.25) is 0 Å². The van der Waals surface area contributed by atoms with Gasteiger partial charge in [0.1, 0.15) is 68.5 Å². The molecular formula is C56H65IO2P2+2. The van der Waals surface area contributed by atoms with Gasteiger partial charge in [-0.1, -0.05) is 122 Å². The highest BCUT2D eigenvalue weighted by atomic mass is 127. The average Bonchev–Trinajstić information content (AvgIpc) is 3.67. The summed E-state index contributed by atoms with van der Waals surface area (Å²) in [5.74, 6) is 2.49. The summed E-state index contributed by atoms with van der Waals surface area (Å²) in [6, 6.07) is 67.0. The Bertz CT molecular complexity index is 1900. The SMILES string of the molecule is CC(C)OC1=C([P+](c2ccccc2)(c2ccccc2)c2ccccc2)CCCCC1.CC(C)OC1=C([P+](c2ccccc2)(c2ccccc2)c2ccccc2)CCCCC1.I. The lowest BCUT2D eigenvalue weighted by Crippen LogP contribution is -2.33. The first-order chi connectivity index (χ1) is 29.5. The Labute approximate surface area is 385 Å². The molecule has 0 fully saturated rings. The van der Waals surface area contributed by atoms with E-state index >= 15 is 0 Å².